The summed E-state index contributed by atoms with van der Waals surface area (Å²) in [5.74, 6) is 0.925. The highest BCUT2D eigenvalue weighted by atomic mass is 32.2. The molecule has 0 aliphatic carbocycles. The number of sulfone groups is 1. The zero-order valence-electron chi connectivity index (χ0n) is 19.4. The Morgan fingerprint density at radius 2 is 1.94 bits per heavy atom. The van der Waals surface area contributed by atoms with E-state index in [-0.39, 0.29) is 16.7 Å². The van der Waals surface area contributed by atoms with Gasteiger partial charge in [0, 0.05) is 32.2 Å². The molecule has 0 saturated carbocycles. The molecule has 3 aromatic rings. The van der Waals surface area contributed by atoms with Gasteiger partial charge in [-0.05, 0) is 55.7 Å². The molecule has 8 nitrogen and oxygen atoms in total. The molecule has 178 valence electrons. The number of oxazole rings is 1. The summed E-state index contributed by atoms with van der Waals surface area (Å²) in [5.41, 5.74) is 3.43. The highest BCUT2D eigenvalue weighted by molar-refractivity contribution is 7.91. The number of aromatic nitrogens is 1. The van der Waals surface area contributed by atoms with Crippen molar-refractivity contribution < 1.29 is 17.6 Å². The van der Waals surface area contributed by atoms with E-state index in [1.54, 1.807) is 32.2 Å². The minimum absolute atomic E-state index is 0.0625. The van der Waals surface area contributed by atoms with Crippen LogP contribution >= 0.6 is 0 Å². The number of hydrogen-bond donors (Lipinski definition) is 2. The fourth-order valence-electron chi connectivity index (χ4n) is 4.18. The molecular weight excluding hydrogens is 440 g/mol. The summed E-state index contributed by atoms with van der Waals surface area (Å²) in [6.45, 7) is 7.40. The Kier molecular flexibility index (Phi) is 7.09. The van der Waals surface area contributed by atoms with Crippen LogP contribution in [-0.2, 0) is 16.4 Å². The number of piperidine rings is 1. The van der Waals surface area contributed by atoms with Crippen molar-refractivity contribution in [2.75, 3.05) is 43.1 Å². The van der Waals surface area contributed by atoms with Crippen molar-refractivity contribution in [3.8, 4) is 5.75 Å². The van der Waals surface area contributed by atoms with Crippen LogP contribution in [0.2, 0.25) is 0 Å². The number of fused-ring (bicyclic) bond motifs is 1. The molecule has 0 amide bonds. The van der Waals surface area contributed by atoms with E-state index in [9.17, 15) is 8.42 Å². The molecule has 1 saturated heterocycles. The Morgan fingerprint density at radius 1 is 1.15 bits per heavy atom. The fraction of sp³-hybridized carbons (Fsp3) is 0.458. The van der Waals surface area contributed by atoms with Crippen molar-refractivity contribution >= 4 is 32.6 Å². The van der Waals surface area contributed by atoms with Gasteiger partial charge in [-0.1, -0.05) is 13.0 Å². The van der Waals surface area contributed by atoms with Gasteiger partial charge in [0.05, 0.1) is 23.4 Å². The van der Waals surface area contributed by atoms with E-state index in [4.69, 9.17) is 9.15 Å². The van der Waals surface area contributed by atoms with Crippen LogP contribution in [0.25, 0.3) is 11.1 Å². The summed E-state index contributed by atoms with van der Waals surface area (Å²) in [6, 6.07) is 11.9. The third-order valence-electron chi connectivity index (χ3n) is 6.05. The second-order valence-corrected chi connectivity index (χ2v) is 10.6. The smallest absolute Gasteiger partial charge is 0.295 e. The van der Waals surface area contributed by atoms with Gasteiger partial charge in [0.15, 0.2) is 15.4 Å². The number of ether oxygens (including phenoxy) is 1. The van der Waals surface area contributed by atoms with E-state index in [0.29, 0.717) is 17.1 Å². The van der Waals surface area contributed by atoms with Crippen molar-refractivity contribution in [1.82, 2.24) is 9.88 Å². The maximum atomic E-state index is 12.1. The molecule has 2 heterocycles. The Bertz CT molecular complexity index is 1200. The molecular formula is C24H32N4O4S. The summed E-state index contributed by atoms with van der Waals surface area (Å²) in [4.78, 5) is 7.20. The number of hydrogen-bond acceptors (Lipinski definition) is 8. The minimum atomic E-state index is -3.27. The Morgan fingerprint density at radius 3 is 2.64 bits per heavy atom. The van der Waals surface area contributed by atoms with E-state index in [1.807, 2.05) is 6.07 Å². The molecule has 0 atom stereocenters. The van der Waals surface area contributed by atoms with Gasteiger partial charge in [0.25, 0.3) is 6.01 Å². The van der Waals surface area contributed by atoms with Crippen molar-refractivity contribution in [2.24, 2.45) is 0 Å². The predicted molar refractivity (Wildman–Crippen MR) is 131 cm³/mol. The lowest BCUT2D eigenvalue weighted by Crippen LogP contribution is -2.38. The molecule has 1 fully saturated rings. The number of methoxy groups -OCH3 is 1. The fourth-order valence-corrected chi connectivity index (χ4v) is 5.08. The maximum absolute atomic E-state index is 12.1. The molecule has 2 N–H and O–H groups in total. The van der Waals surface area contributed by atoms with Crippen LogP contribution in [0, 0.1) is 0 Å². The van der Waals surface area contributed by atoms with Gasteiger partial charge < -0.3 is 19.8 Å². The molecule has 1 aromatic heterocycles. The largest absolute Gasteiger partial charge is 0.495 e. The number of benzene rings is 2. The average molecular weight is 473 g/mol. The normalized spacial score (nSPS) is 15.6. The molecule has 0 bridgehead atoms. The zero-order chi connectivity index (χ0) is 23.4. The van der Waals surface area contributed by atoms with Crippen LogP contribution in [-0.4, -0.2) is 56.8 Å². The zero-order valence-corrected chi connectivity index (χ0v) is 20.2. The van der Waals surface area contributed by atoms with E-state index in [0.717, 1.165) is 50.5 Å². The summed E-state index contributed by atoms with van der Waals surface area (Å²) in [7, 11) is -1.58. The molecule has 0 spiro atoms. The first-order valence-corrected chi connectivity index (χ1v) is 13.1. The van der Waals surface area contributed by atoms with Gasteiger partial charge >= 0.3 is 0 Å². The second kappa shape index (κ2) is 10.0. The first kappa shape index (κ1) is 23.4. The van der Waals surface area contributed by atoms with E-state index in [2.05, 4.69) is 39.6 Å². The van der Waals surface area contributed by atoms with Gasteiger partial charge in [0.1, 0.15) is 11.3 Å². The molecule has 0 unspecified atom stereocenters. The van der Waals surface area contributed by atoms with Crippen molar-refractivity contribution in [2.45, 2.75) is 44.2 Å². The number of anilines is 2. The van der Waals surface area contributed by atoms with E-state index >= 15 is 0 Å². The maximum Gasteiger partial charge on any atom is 0.295 e. The number of nitrogens with zero attached hydrogens (tertiary/aromatic N) is 2. The van der Waals surface area contributed by atoms with E-state index < -0.39 is 9.84 Å². The predicted octanol–water partition coefficient (Wildman–Crippen LogP) is 4.14. The first-order chi connectivity index (χ1) is 15.9. The molecule has 33 heavy (non-hydrogen) atoms. The number of rotatable bonds is 9. The molecule has 1 aliphatic rings. The third kappa shape index (κ3) is 5.42. The third-order valence-corrected chi connectivity index (χ3v) is 7.78. The SMILES string of the molecule is CCNc1cc(CN2CCC(Nc3nc4cc(S(=O)(=O)CC)ccc4o3)CC2)ccc1OC. The van der Waals surface area contributed by atoms with Gasteiger partial charge in [-0.3, -0.25) is 4.90 Å². The van der Waals surface area contributed by atoms with Crippen molar-refractivity contribution in [3.05, 3.63) is 42.0 Å². The summed E-state index contributed by atoms with van der Waals surface area (Å²) >= 11 is 0. The lowest BCUT2D eigenvalue weighted by Gasteiger charge is -2.32. The number of likely N-dealkylation sites (tertiary alicyclic amines) is 1. The van der Waals surface area contributed by atoms with Crippen LogP contribution in [0.3, 0.4) is 0 Å². The van der Waals surface area contributed by atoms with Gasteiger partial charge in [-0.15, -0.1) is 0 Å². The van der Waals surface area contributed by atoms with E-state index in [1.165, 1.54) is 5.56 Å². The Hall–Kier alpha value is -2.78. The summed E-state index contributed by atoms with van der Waals surface area (Å²) < 4.78 is 35.5. The molecule has 2 aromatic carbocycles. The van der Waals surface area contributed by atoms with Gasteiger partial charge in [-0.2, -0.15) is 4.98 Å². The van der Waals surface area contributed by atoms with Gasteiger partial charge in [-0.25, -0.2) is 8.42 Å². The average Bonchev–Trinajstić information content (AvgIpc) is 3.22. The molecule has 9 heteroatoms. The monoisotopic (exact) mass is 472 g/mol. The van der Waals surface area contributed by atoms with Gasteiger partial charge in [0.2, 0.25) is 0 Å². The number of nitrogens with one attached hydrogen (secondary N) is 2. The highest BCUT2D eigenvalue weighted by Crippen LogP contribution is 2.27. The lowest BCUT2D eigenvalue weighted by atomic mass is 10.0. The van der Waals surface area contributed by atoms with Crippen LogP contribution in [0.15, 0.2) is 45.7 Å². The summed E-state index contributed by atoms with van der Waals surface area (Å²) in [5, 5.41) is 6.75. The standard InChI is InChI=1S/C24H32N4O4S/c1-4-25-20-14-17(6-8-22(20)31-3)16-28-12-10-18(11-13-28)26-24-27-21-15-19(33(29,30)5-2)7-9-23(21)32-24/h6-9,14-15,18,25H,4-5,10-13,16H2,1-3H3,(H,26,27). The van der Waals surface area contributed by atoms with Crippen LogP contribution in [0.4, 0.5) is 11.7 Å². The quantitative estimate of drug-likeness (QED) is 0.480. The minimum Gasteiger partial charge on any atom is -0.495 e. The van der Waals surface area contributed by atoms with Crippen LogP contribution in [0.5, 0.6) is 5.75 Å². The second-order valence-electron chi connectivity index (χ2n) is 8.31. The summed E-state index contributed by atoms with van der Waals surface area (Å²) in [6.07, 6.45) is 1.95. The molecule has 4 rings (SSSR count). The van der Waals surface area contributed by atoms with Crippen LogP contribution in [0.1, 0.15) is 32.3 Å². The van der Waals surface area contributed by atoms with Crippen molar-refractivity contribution in [1.29, 1.82) is 0 Å². The first-order valence-electron chi connectivity index (χ1n) is 11.4. The van der Waals surface area contributed by atoms with Crippen molar-refractivity contribution in [3.63, 3.8) is 0 Å². The van der Waals surface area contributed by atoms with Crippen LogP contribution < -0.4 is 15.4 Å². The Balaban J connectivity index is 1.35. The Labute approximate surface area is 195 Å². The lowest BCUT2D eigenvalue weighted by molar-refractivity contribution is 0.210. The molecule has 1 aliphatic heterocycles. The highest BCUT2D eigenvalue weighted by Gasteiger charge is 2.22. The molecule has 0 radical (unpaired) electrons. The topological polar surface area (TPSA) is 96.7 Å².